The lowest BCUT2D eigenvalue weighted by Gasteiger charge is -2.24. The van der Waals surface area contributed by atoms with E-state index in [2.05, 4.69) is 4.72 Å². The van der Waals surface area contributed by atoms with Gasteiger partial charge in [-0.1, -0.05) is 30.3 Å². The second-order valence-corrected chi connectivity index (χ2v) is 7.76. The third-order valence-corrected chi connectivity index (χ3v) is 4.89. The van der Waals surface area contributed by atoms with Crippen LogP contribution in [0.15, 0.2) is 30.3 Å². The topological polar surface area (TPSA) is 83.5 Å². The third kappa shape index (κ3) is 4.33. The Morgan fingerprint density at radius 1 is 1.26 bits per heavy atom. The summed E-state index contributed by atoms with van der Waals surface area (Å²) in [6, 6.07) is 7.94. The van der Waals surface area contributed by atoms with Crippen molar-refractivity contribution < 1.29 is 18.3 Å². The van der Waals surface area contributed by atoms with Gasteiger partial charge in [-0.25, -0.2) is 13.1 Å². The highest BCUT2D eigenvalue weighted by Crippen LogP contribution is 2.22. The molecule has 0 fully saturated rings. The molecule has 0 spiro atoms. The number of carboxylic acids is 1. The van der Waals surface area contributed by atoms with Crippen molar-refractivity contribution in [3.05, 3.63) is 35.9 Å². The van der Waals surface area contributed by atoms with Gasteiger partial charge in [0.25, 0.3) is 0 Å². The number of benzene rings is 1. The maximum Gasteiger partial charge on any atom is 0.305 e. The summed E-state index contributed by atoms with van der Waals surface area (Å²) in [4.78, 5) is 10.9. The predicted molar refractivity (Wildman–Crippen MR) is 73.2 cm³/mol. The second-order valence-electron chi connectivity index (χ2n) is 5.29. The van der Waals surface area contributed by atoms with Crippen LogP contribution in [0.25, 0.3) is 0 Å². The summed E-state index contributed by atoms with van der Waals surface area (Å²) < 4.78 is 25.7. The number of aliphatic carboxylic acids is 1. The number of sulfonamides is 1. The van der Waals surface area contributed by atoms with E-state index in [1.807, 2.05) is 0 Å². The van der Waals surface area contributed by atoms with Gasteiger partial charge >= 0.3 is 5.97 Å². The van der Waals surface area contributed by atoms with Crippen molar-refractivity contribution in [2.45, 2.75) is 38.0 Å². The average molecular weight is 285 g/mol. The number of carbonyl (C=O) groups is 1. The molecule has 19 heavy (non-hydrogen) atoms. The highest BCUT2D eigenvalue weighted by atomic mass is 32.2. The zero-order chi connectivity index (χ0) is 14.7. The molecule has 5 nitrogen and oxygen atoms in total. The predicted octanol–water partition coefficient (Wildman–Crippen LogP) is 1.92. The number of hydrogen-bond donors (Lipinski definition) is 2. The molecule has 106 valence electrons. The van der Waals surface area contributed by atoms with E-state index in [1.165, 1.54) is 0 Å². The lowest BCUT2D eigenvalue weighted by Crippen LogP contribution is -2.41. The fourth-order valence-corrected chi connectivity index (χ4v) is 2.40. The van der Waals surface area contributed by atoms with Crippen LogP contribution in [0.3, 0.4) is 0 Å². The molecule has 1 unspecified atom stereocenters. The molecule has 0 amide bonds. The molecule has 0 heterocycles. The number of carboxylic acid groups (broad SMARTS) is 1. The van der Waals surface area contributed by atoms with Gasteiger partial charge in [-0.3, -0.25) is 4.79 Å². The van der Waals surface area contributed by atoms with Crippen molar-refractivity contribution in [3.63, 3.8) is 0 Å². The SMILES string of the molecule is CC(C)(C)S(=O)(=O)NC(CC(=O)O)c1ccccc1. The Balaban J connectivity index is 3.04. The van der Waals surface area contributed by atoms with Crippen molar-refractivity contribution in [2.75, 3.05) is 0 Å². The van der Waals surface area contributed by atoms with E-state index in [4.69, 9.17) is 5.11 Å². The fraction of sp³-hybridized carbons (Fsp3) is 0.462. The van der Waals surface area contributed by atoms with E-state index in [1.54, 1.807) is 51.1 Å². The van der Waals surface area contributed by atoms with E-state index >= 15 is 0 Å². The van der Waals surface area contributed by atoms with E-state index in [0.29, 0.717) is 5.56 Å². The molecule has 0 aliphatic heterocycles. The van der Waals surface area contributed by atoms with Gasteiger partial charge in [0.1, 0.15) is 0 Å². The molecule has 6 heteroatoms. The Labute approximate surface area is 113 Å². The van der Waals surface area contributed by atoms with E-state index in [-0.39, 0.29) is 6.42 Å². The lowest BCUT2D eigenvalue weighted by atomic mass is 10.1. The first-order valence-electron chi connectivity index (χ1n) is 5.92. The van der Waals surface area contributed by atoms with Crippen LogP contribution in [0.1, 0.15) is 38.8 Å². The molecule has 1 atom stereocenters. The number of rotatable bonds is 5. The maximum absolute atomic E-state index is 12.1. The zero-order valence-electron chi connectivity index (χ0n) is 11.3. The molecule has 0 saturated carbocycles. The summed E-state index contributed by atoms with van der Waals surface area (Å²) in [5, 5.41) is 8.91. The quantitative estimate of drug-likeness (QED) is 0.865. The van der Waals surface area contributed by atoms with Gasteiger partial charge in [0, 0.05) is 0 Å². The van der Waals surface area contributed by atoms with Crippen LogP contribution in [-0.4, -0.2) is 24.2 Å². The molecule has 0 radical (unpaired) electrons. The molecule has 0 aliphatic rings. The molecule has 0 saturated heterocycles. The molecule has 0 aromatic heterocycles. The van der Waals surface area contributed by atoms with Crippen LogP contribution in [0, 0.1) is 0 Å². The standard InChI is InChI=1S/C13H19NO4S/c1-13(2,3)19(17,18)14-11(9-12(15)16)10-7-5-4-6-8-10/h4-8,11,14H,9H2,1-3H3,(H,15,16). The van der Waals surface area contributed by atoms with Gasteiger partial charge in [-0.15, -0.1) is 0 Å². The highest BCUT2D eigenvalue weighted by molar-refractivity contribution is 7.90. The summed E-state index contributed by atoms with van der Waals surface area (Å²) in [5.41, 5.74) is 0.637. The van der Waals surface area contributed by atoms with Crippen molar-refractivity contribution in [1.82, 2.24) is 4.72 Å². The summed E-state index contributed by atoms with van der Waals surface area (Å²) in [5.74, 6) is -1.05. The van der Waals surface area contributed by atoms with E-state index in [9.17, 15) is 13.2 Å². The van der Waals surface area contributed by atoms with Gasteiger partial charge < -0.3 is 5.11 Å². The Hall–Kier alpha value is -1.40. The van der Waals surface area contributed by atoms with Crippen LogP contribution in [-0.2, 0) is 14.8 Å². The largest absolute Gasteiger partial charge is 0.481 e. The average Bonchev–Trinajstić information content (AvgIpc) is 2.27. The van der Waals surface area contributed by atoms with Crippen LogP contribution >= 0.6 is 0 Å². The van der Waals surface area contributed by atoms with Gasteiger partial charge in [-0.2, -0.15) is 0 Å². The van der Waals surface area contributed by atoms with Crippen LogP contribution in [0.4, 0.5) is 0 Å². The summed E-state index contributed by atoms with van der Waals surface area (Å²) in [7, 11) is -3.60. The maximum atomic E-state index is 12.1. The van der Waals surface area contributed by atoms with E-state index < -0.39 is 26.8 Å². The van der Waals surface area contributed by atoms with Crippen LogP contribution in [0.2, 0.25) is 0 Å². The minimum Gasteiger partial charge on any atom is -0.481 e. The Morgan fingerprint density at radius 3 is 2.21 bits per heavy atom. The normalized spacial score (nSPS) is 14.1. The monoisotopic (exact) mass is 285 g/mol. The molecule has 1 rings (SSSR count). The summed E-state index contributed by atoms with van der Waals surface area (Å²) in [6.45, 7) is 4.70. The van der Waals surface area contributed by atoms with Gasteiger partial charge in [-0.05, 0) is 26.3 Å². The zero-order valence-corrected chi connectivity index (χ0v) is 12.1. The summed E-state index contributed by atoms with van der Waals surface area (Å²) in [6.07, 6.45) is -0.292. The van der Waals surface area contributed by atoms with Gasteiger partial charge in [0.05, 0.1) is 17.2 Å². The Kier molecular flexibility index (Phi) is 4.70. The second kappa shape index (κ2) is 5.71. The lowest BCUT2D eigenvalue weighted by molar-refractivity contribution is -0.137. The Morgan fingerprint density at radius 2 is 1.79 bits per heavy atom. The number of nitrogens with one attached hydrogen (secondary N) is 1. The molecule has 1 aromatic carbocycles. The van der Waals surface area contributed by atoms with Crippen LogP contribution in [0.5, 0.6) is 0 Å². The molecular formula is C13H19NO4S. The number of hydrogen-bond acceptors (Lipinski definition) is 3. The van der Waals surface area contributed by atoms with Crippen molar-refractivity contribution in [3.8, 4) is 0 Å². The first kappa shape index (κ1) is 15.7. The minimum atomic E-state index is -3.60. The molecule has 2 N–H and O–H groups in total. The molecule has 1 aromatic rings. The van der Waals surface area contributed by atoms with Crippen molar-refractivity contribution in [1.29, 1.82) is 0 Å². The molecule has 0 bridgehead atoms. The minimum absolute atomic E-state index is 0.292. The van der Waals surface area contributed by atoms with Gasteiger partial charge in [0.2, 0.25) is 10.0 Å². The third-order valence-electron chi connectivity index (χ3n) is 2.68. The highest BCUT2D eigenvalue weighted by Gasteiger charge is 2.32. The first-order valence-corrected chi connectivity index (χ1v) is 7.40. The smallest absolute Gasteiger partial charge is 0.305 e. The summed E-state index contributed by atoms with van der Waals surface area (Å²) >= 11 is 0. The molecule has 0 aliphatic carbocycles. The van der Waals surface area contributed by atoms with Crippen molar-refractivity contribution >= 4 is 16.0 Å². The Bertz CT molecular complexity index is 532. The van der Waals surface area contributed by atoms with Gasteiger partial charge in [0.15, 0.2) is 0 Å². The fourth-order valence-electron chi connectivity index (χ4n) is 1.45. The van der Waals surface area contributed by atoms with E-state index in [0.717, 1.165) is 0 Å². The first-order chi connectivity index (χ1) is 8.63. The molecular weight excluding hydrogens is 266 g/mol. The van der Waals surface area contributed by atoms with Crippen molar-refractivity contribution in [2.24, 2.45) is 0 Å². The van der Waals surface area contributed by atoms with Crippen LogP contribution < -0.4 is 4.72 Å².